The summed E-state index contributed by atoms with van der Waals surface area (Å²) in [7, 11) is 0. The quantitative estimate of drug-likeness (QED) is 0.573. The highest BCUT2D eigenvalue weighted by Crippen LogP contribution is 2.49. The van der Waals surface area contributed by atoms with E-state index in [1.807, 2.05) is 0 Å². The minimum Gasteiger partial charge on any atom is -0.459 e. The fraction of sp³-hybridized carbons (Fsp3) is 0.952. The highest BCUT2D eigenvalue weighted by atomic mass is 16.6. The van der Waals surface area contributed by atoms with Crippen LogP contribution in [-0.4, -0.2) is 11.6 Å². The molecule has 0 heterocycles. The Hall–Kier alpha value is -0.530. The molecule has 23 heavy (non-hydrogen) atoms. The Kier molecular flexibility index (Phi) is 5.72. The molecular formula is C21H40O2. The maximum Gasteiger partial charge on any atom is 0.312 e. The standard InChI is InChI=1S/C21H40O2/c1-15-12-11-13-16(15)20(8,9)23-17(22)21(10,19(5,6)7)14-18(2,3)4/h15-16H,11-14H2,1-10H3. The summed E-state index contributed by atoms with van der Waals surface area (Å²) in [4.78, 5) is 13.2. The number of carbonyl (C=O) groups excluding carboxylic acids is 1. The van der Waals surface area contributed by atoms with Crippen LogP contribution in [0.4, 0.5) is 0 Å². The maximum absolute atomic E-state index is 13.2. The zero-order valence-electron chi connectivity index (χ0n) is 17.3. The van der Waals surface area contributed by atoms with Gasteiger partial charge in [-0.3, -0.25) is 4.79 Å². The molecule has 0 aromatic heterocycles. The molecule has 2 nitrogen and oxygen atoms in total. The Balaban J connectivity index is 3.02. The van der Waals surface area contributed by atoms with Crippen molar-refractivity contribution in [2.75, 3.05) is 0 Å². The summed E-state index contributed by atoms with van der Waals surface area (Å²) in [6.07, 6.45) is 4.51. The first-order chi connectivity index (χ1) is 10.1. The van der Waals surface area contributed by atoms with Crippen LogP contribution >= 0.6 is 0 Å². The number of esters is 1. The van der Waals surface area contributed by atoms with Crippen LogP contribution in [0.1, 0.15) is 94.9 Å². The second-order valence-electron chi connectivity index (χ2n) is 10.8. The molecule has 0 N–H and O–H groups in total. The first kappa shape index (κ1) is 20.5. The van der Waals surface area contributed by atoms with E-state index >= 15 is 0 Å². The molecule has 0 aromatic rings. The van der Waals surface area contributed by atoms with Gasteiger partial charge in [0.15, 0.2) is 0 Å². The van der Waals surface area contributed by atoms with Gasteiger partial charge in [0.2, 0.25) is 0 Å². The van der Waals surface area contributed by atoms with Crippen molar-refractivity contribution >= 4 is 5.97 Å². The van der Waals surface area contributed by atoms with Crippen LogP contribution in [0.5, 0.6) is 0 Å². The molecule has 2 heteroatoms. The van der Waals surface area contributed by atoms with E-state index in [4.69, 9.17) is 4.74 Å². The second-order valence-corrected chi connectivity index (χ2v) is 10.8. The van der Waals surface area contributed by atoms with Gasteiger partial charge in [0, 0.05) is 5.92 Å². The zero-order chi connectivity index (χ0) is 18.3. The SMILES string of the molecule is CC1CCCC1C(C)(C)OC(=O)C(C)(CC(C)(C)C)C(C)(C)C. The van der Waals surface area contributed by atoms with Crippen molar-refractivity contribution in [1.82, 2.24) is 0 Å². The molecule has 1 saturated carbocycles. The summed E-state index contributed by atoms with van der Waals surface area (Å²) in [5.74, 6) is 1.09. The van der Waals surface area contributed by atoms with Crippen molar-refractivity contribution in [3.63, 3.8) is 0 Å². The van der Waals surface area contributed by atoms with Gasteiger partial charge in [-0.05, 0) is 50.4 Å². The van der Waals surface area contributed by atoms with Crippen molar-refractivity contribution in [3.05, 3.63) is 0 Å². The molecule has 0 saturated heterocycles. The number of ether oxygens (including phenoxy) is 1. The lowest BCUT2D eigenvalue weighted by atomic mass is 9.61. The van der Waals surface area contributed by atoms with Crippen molar-refractivity contribution < 1.29 is 9.53 Å². The molecule has 3 atom stereocenters. The lowest BCUT2D eigenvalue weighted by molar-refractivity contribution is -0.184. The third-order valence-corrected chi connectivity index (χ3v) is 6.10. The lowest BCUT2D eigenvalue weighted by Crippen LogP contribution is -2.49. The third kappa shape index (κ3) is 4.73. The van der Waals surface area contributed by atoms with Crippen molar-refractivity contribution in [2.45, 2.75) is 101 Å². The number of carbonyl (C=O) groups is 1. The molecule has 0 bridgehead atoms. The summed E-state index contributed by atoms with van der Waals surface area (Å²) in [5, 5.41) is 0. The highest BCUT2D eigenvalue weighted by Gasteiger charge is 2.50. The summed E-state index contributed by atoms with van der Waals surface area (Å²) in [6, 6.07) is 0. The topological polar surface area (TPSA) is 26.3 Å². The number of rotatable bonds is 4. The van der Waals surface area contributed by atoms with Crippen LogP contribution in [0.25, 0.3) is 0 Å². The molecule has 0 spiro atoms. The van der Waals surface area contributed by atoms with Crippen LogP contribution in [0, 0.1) is 28.1 Å². The van der Waals surface area contributed by atoms with Crippen LogP contribution in [-0.2, 0) is 9.53 Å². The lowest BCUT2D eigenvalue weighted by Gasteiger charge is -2.46. The first-order valence-electron chi connectivity index (χ1n) is 9.34. The van der Waals surface area contributed by atoms with Crippen LogP contribution in [0.2, 0.25) is 0 Å². The molecule has 0 amide bonds. The van der Waals surface area contributed by atoms with Gasteiger partial charge in [-0.1, -0.05) is 61.3 Å². The summed E-state index contributed by atoms with van der Waals surface area (Å²) in [6.45, 7) is 21.7. The second kappa shape index (κ2) is 6.41. The van der Waals surface area contributed by atoms with Gasteiger partial charge in [-0.25, -0.2) is 0 Å². The van der Waals surface area contributed by atoms with Gasteiger partial charge in [0.25, 0.3) is 0 Å². The highest BCUT2D eigenvalue weighted by molar-refractivity contribution is 5.78. The van der Waals surface area contributed by atoms with E-state index < -0.39 is 5.41 Å². The fourth-order valence-electron chi connectivity index (χ4n) is 4.31. The maximum atomic E-state index is 13.2. The van der Waals surface area contributed by atoms with Gasteiger partial charge >= 0.3 is 5.97 Å². The Labute approximate surface area is 144 Å². The summed E-state index contributed by atoms with van der Waals surface area (Å²) < 4.78 is 6.19. The Bertz CT molecular complexity index is 422. The average Bonchev–Trinajstić information content (AvgIpc) is 2.71. The largest absolute Gasteiger partial charge is 0.459 e. The summed E-state index contributed by atoms with van der Waals surface area (Å²) >= 11 is 0. The molecule has 3 unspecified atom stereocenters. The van der Waals surface area contributed by atoms with E-state index in [1.54, 1.807) is 0 Å². The normalized spacial score (nSPS) is 26.0. The van der Waals surface area contributed by atoms with E-state index in [9.17, 15) is 4.79 Å². The van der Waals surface area contributed by atoms with E-state index in [0.29, 0.717) is 11.8 Å². The Morgan fingerprint density at radius 1 is 0.957 bits per heavy atom. The van der Waals surface area contributed by atoms with E-state index in [1.165, 1.54) is 19.3 Å². The minimum atomic E-state index is -0.482. The van der Waals surface area contributed by atoms with Crippen molar-refractivity contribution in [3.8, 4) is 0 Å². The number of hydrogen-bond acceptors (Lipinski definition) is 2. The van der Waals surface area contributed by atoms with Gasteiger partial charge in [0.05, 0.1) is 5.41 Å². The van der Waals surface area contributed by atoms with Gasteiger partial charge in [-0.2, -0.15) is 0 Å². The number of hydrogen-bond donors (Lipinski definition) is 0. The monoisotopic (exact) mass is 324 g/mol. The molecular weight excluding hydrogens is 284 g/mol. The van der Waals surface area contributed by atoms with E-state index in [-0.39, 0.29) is 22.4 Å². The van der Waals surface area contributed by atoms with Gasteiger partial charge in [0.1, 0.15) is 5.60 Å². The summed E-state index contributed by atoms with van der Waals surface area (Å²) in [5.41, 5.74) is -0.900. The van der Waals surface area contributed by atoms with Crippen LogP contribution in [0.3, 0.4) is 0 Å². The smallest absolute Gasteiger partial charge is 0.312 e. The molecule has 1 aliphatic carbocycles. The molecule has 0 radical (unpaired) electrons. The van der Waals surface area contributed by atoms with E-state index in [2.05, 4.69) is 69.2 Å². The predicted molar refractivity (Wildman–Crippen MR) is 98.3 cm³/mol. The molecule has 0 aromatic carbocycles. The van der Waals surface area contributed by atoms with Gasteiger partial charge in [-0.15, -0.1) is 0 Å². The fourth-order valence-corrected chi connectivity index (χ4v) is 4.31. The van der Waals surface area contributed by atoms with Crippen LogP contribution < -0.4 is 0 Å². The predicted octanol–water partition coefficient (Wildman–Crippen LogP) is 6.23. The average molecular weight is 325 g/mol. The molecule has 1 rings (SSSR count). The molecule has 1 aliphatic rings. The van der Waals surface area contributed by atoms with Crippen molar-refractivity contribution in [2.24, 2.45) is 28.1 Å². The van der Waals surface area contributed by atoms with Crippen molar-refractivity contribution in [1.29, 1.82) is 0 Å². The zero-order valence-corrected chi connectivity index (χ0v) is 17.3. The Morgan fingerprint density at radius 3 is 1.83 bits per heavy atom. The van der Waals surface area contributed by atoms with E-state index in [0.717, 1.165) is 6.42 Å². The third-order valence-electron chi connectivity index (χ3n) is 6.10. The van der Waals surface area contributed by atoms with Gasteiger partial charge < -0.3 is 4.74 Å². The Morgan fingerprint density at radius 2 is 1.48 bits per heavy atom. The first-order valence-corrected chi connectivity index (χ1v) is 9.34. The minimum absolute atomic E-state index is 0.0241. The van der Waals surface area contributed by atoms with Crippen LogP contribution in [0.15, 0.2) is 0 Å². The molecule has 1 fully saturated rings. The molecule has 136 valence electrons. The molecule has 0 aliphatic heterocycles.